The number of furan rings is 1. The molecule has 19 heavy (non-hydrogen) atoms. The average molecular weight is 340 g/mol. The molecule has 0 aliphatic carbocycles. The molecule has 0 saturated heterocycles. The number of rotatable bonds is 3. The zero-order valence-corrected chi connectivity index (χ0v) is 14.7. The lowest BCUT2D eigenvalue weighted by molar-refractivity contribution is 0.0867. The number of hydrogen-bond donors (Lipinski definition) is 0. The Labute approximate surface area is 125 Å². The van der Waals surface area contributed by atoms with E-state index in [4.69, 9.17) is 8.84 Å². The van der Waals surface area contributed by atoms with Crippen molar-refractivity contribution in [2.75, 3.05) is 0 Å². The van der Waals surface area contributed by atoms with Crippen molar-refractivity contribution in [3.05, 3.63) is 34.5 Å². The van der Waals surface area contributed by atoms with Crippen LogP contribution in [0.2, 0.25) is 13.1 Å². The van der Waals surface area contributed by atoms with Crippen LogP contribution in [-0.2, 0) is 4.43 Å². The van der Waals surface area contributed by atoms with Gasteiger partial charge in [0.15, 0.2) is 0 Å². The van der Waals surface area contributed by atoms with E-state index >= 15 is 0 Å². The van der Waals surface area contributed by atoms with Crippen molar-refractivity contribution in [3.63, 3.8) is 0 Å². The van der Waals surface area contributed by atoms with Crippen molar-refractivity contribution in [2.24, 2.45) is 5.41 Å². The zero-order chi connectivity index (χ0) is 14.2. The summed E-state index contributed by atoms with van der Waals surface area (Å²) in [4.78, 5) is 0. The van der Waals surface area contributed by atoms with Crippen LogP contribution in [0.3, 0.4) is 0 Å². The molecule has 1 aromatic heterocycles. The van der Waals surface area contributed by atoms with Crippen LogP contribution in [0.4, 0.5) is 0 Å². The summed E-state index contributed by atoms with van der Waals surface area (Å²) in [6.07, 6.45) is 1.83. The van der Waals surface area contributed by atoms with Gasteiger partial charge in [-0.1, -0.05) is 20.8 Å². The maximum atomic E-state index is 6.23. The molecule has 103 valence electrons. The van der Waals surface area contributed by atoms with Gasteiger partial charge in [-0.05, 0) is 58.2 Å². The molecule has 1 radical (unpaired) electrons. The van der Waals surface area contributed by atoms with Crippen LogP contribution in [0.15, 0.2) is 33.4 Å². The van der Waals surface area contributed by atoms with E-state index in [0.717, 1.165) is 15.4 Å². The van der Waals surface area contributed by atoms with Crippen LogP contribution < -0.4 is 0 Å². The third-order valence-electron chi connectivity index (χ3n) is 2.97. The van der Waals surface area contributed by atoms with Crippen LogP contribution in [0, 0.1) is 5.41 Å². The summed E-state index contributed by atoms with van der Waals surface area (Å²) in [5, 5.41) is 1.11. The van der Waals surface area contributed by atoms with Crippen molar-refractivity contribution in [3.8, 4) is 0 Å². The first-order valence-corrected chi connectivity index (χ1v) is 9.62. The molecule has 0 amide bonds. The summed E-state index contributed by atoms with van der Waals surface area (Å²) >= 11 is 3.59. The van der Waals surface area contributed by atoms with E-state index in [0.29, 0.717) is 0 Å². The highest BCUT2D eigenvalue weighted by Crippen LogP contribution is 2.39. The monoisotopic (exact) mass is 339 g/mol. The van der Waals surface area contributed by atoms with Gasteiger partial charge in [-0.3, -0.25) is 0 Å². The molecule has 4 heteroatoms. The molecule has 0 N–H and O–H groups in total. The maximum Gasteiger partial charge on any atom is 0.205 e. The number of hydrogen-bond acceptors (Lipinski definition) is 2. The van der Waals surface area contributed by atoms with Gasteiger partial charge in [0.25, 0.3) is 0 Å². The average Bonchev–Trinajstić information content (AvgIpc) is 2.72. The highest BCUT2D eigenvalue weighted by Gasteiger charge is 2.29. The molecule has 2 aromatic rings. The molecule has 2 nitrogen and oxygen atoms in total. The van der Waals surface area contributed by atoms with E-state index in [1.54, 1.807) is 6.26 Å². The lowest BCUT2D eigenvalue weighted by Gasteiger charge is -2.33. The van der Waals surface area contributed by atoms with Crippen LogP contribution in [0.1, 0.15) is 32.4 Å². The summed E-state index contributed by atoms with van der Waals surface area (Å²) in [7, 11) is -0.754. The van der Waals surface area contributed by atoms with Gasteiger partial charge in [0.1, 0.15) is 5.58 Å². The summed E-state index contributed by atoms with van der Waals surface area (Å²) in [6.45, 7) is 11.0. The Morgan fingerprint density at radius 1 is 1.26 bits per heavy atom. The molecule has 0 saturated carbocycles. The highest BCUT2D eigenvalue weighted by atomic mass is 79.9. The fraction of sp³-hybridized carbons (Fsp3) is 0.467. The first-order chi connectivity index (χ1) is 8.79. The SMILES string of the molecule is C[Si](C)OC(c1cc(Br)c2occc2c1)C(C)(C)C. The van der Waals surface area contributed by atoms with Gasteiger partial charge < -0.3 is 8.84 Å². The molecular formula is C15H20BrO2Si. The Bertz CT molecular complexity index is 569. The second-order valence-corrected chi connectivity index (χ2v) is 9.02. The third-order valence-corrected chi connectivity index (χ3v) is 4.27. The van der Waals surface area contributed by atoms with Gasteiger partial charge in [0.2, 0.25) is 9.04 Å². The molecule has 0 fully saturated rings. The third kappa shape index (κ3) is 3.30. The van der Waals surface area contributed by atoms with Crippen molar-refractivity contribution in [1.29, 1.82) is 0 Å². The second kappa shape index (κ2) is 5.42. The summed E-state index contributed by atoms with van der Waals surface area (Å²) in [6, 6.07) is 6.28. The molecule has 0 aliphatic heterocycles. The smallest absolute Gasteiger partial charge is 0.205 e. The predicted octanol–water partition coefficient (Wildman–Crippen LogP) is 5.55. The van der Waals surface area contributed by atoms with Gasteiger partial charge in [-0.15, -0.1) is 0 Å². The minimum atomic E-state index is -0.754. The Morgan fingerprint density at radius 2 is 1.95 bits per heavy atom. The van der Waals surface area contributed by atoms with Crippen molar-refractivity contribution in [2.45, 2.75) is 40.0 Å². The van der Waals surface area contributed by atoms with Crippen molar-refractivity contribution in [1.82, 2.24) is 0 Å². The van der Waals surface area contributed by atoms with Gasteiger partial charge in [0.05, 0.1) is 16.8 Å². The van der Waals surface area contributed by atoms with Crippen LogP contribution in [0.5, 0.6) is 0 Å². The maximum absolute atomic E-state index is 6.23. The lowest BCUT2D eigenvalue weighted by Crippen LogP contribution is -2.25. The fourth-order valence-electron chi connectivity index (χ4n) is 2.19. The van der Waals surface area contributed by atoms with E-state index in [2.05, 4.69) is 61.9 Å². The lowest BCUT2D eigenvalue weighted by atomic mass is 9.84. The second-order valence-electron chi connectivity index (χ2n) is 6.11. The van der Waals surface area contributed by atoms with E-state index in [1.165, 1.54) is 5.56 Å². The minimum absolute atomic E-state index is 0.0682. The summed E-state index contributed by atoms with van der Waals surface area (Å²) in [5.41, 5.74) is 2.17. The summed E-state index contributed by atoms with van der Waals surface area (Å²) in [5.74, 6) is 0. The molecule has 0 spiro atoms. The number of fused-ring (bicyclic) bond motifs is 1. The molecule has 1 unspecified atom stereocenters. The fourth-order valence-corrected chi connectivity index (χ4v) is 3.74. The topological polar surface area (TPSA) is 22.4 Å². The van der Waals surface area contributed by atoms with Gasteiger partial charge >= 0.3 is 0 Å². The Kier molecular flexibility index (Phi) is 4.23. The molecule has 1 aromatic carbocycles. The summed E-state index contributed by atoms with van der Waals surface area (Å²) < 4.78 is 12.7. The molecular weight excluding hydrogens is 320 g/mol. The van der Waals surface area contributed by atoms with Gasteiger partial charge in [-0.2, -0.15) is 0 Å². The number of benzene rings is 1. The van der Waals surface area contributed by atoms with Crippen LogP contribution >= 0.6 is 15.9 Å². The van der Waals surface area contributed by atoms with Crippen LogP contribution in [0.25, 0.3) is 11.0 Å². The van der Waals surface area contributed by atoms with E-state index in [9.17, 15) is 0 Å². The van der Waals surface area contributed by atoms with Crippen molar-refractivity contribution < 1.29 is 8.84 Å². The van der Waals surface area contributed by atoms with Gasteiger partial charge in [0, 0.05) is 5.39 Å². The predicted molar refractivity (Wildman–Crippen MR) is 84.7 cm³/mol. The zero-order valence-electron chi connectivity index (χ0n) is 12.1. The van der Waals surface area contributed by atoms with E-state index < -0.39 is 9.04 Å². The first kappa shape index (κ1) is 14.8. The Balaban J connectivity index is 2.49. The molecule has 1 atom stereocenters. The minimum Gasteiger partial charge on any atom is -0.463 e. The Hall–Kier alpha value is -0.583. The van der Waals surface area contributed by atoms with Crippen molar-refractivity contribution >= 4 is 35.9 Å². The normalized spacial score (nSPS) is 14.3. The first-order valence-electron chi connectivity index (χ1n) is 6.42. The molecule has 1 heterocycles. The van der Waals surface area contributed by atoms with Crippen LogP contribution in [-0.4, -0.2) is 9.04 Å². The van der Waals surface area contributed by atoms with E-state index in [-0.39, 0.29) is 11.5 Å². The highest BCUT2D eigenvalue weighted by molar-refractivity contribution is 9.10. The largest absolute Gasteiger partial charge is 0.463 e. The quantitative estimate of drug-likeness (QED) is 0.684. The molecule has 0 aliphatic rings. The molecule has 2 rings (SSSR count). The van der Waals surface area contributed by atoms with Gasteiger partial charge in [-0.25, -0.2) is 0 Å². The van der Waals surface area contributed by atoms with E-state index in [1.807, 2.05) is 6.07 Å². The Morgan fingerprint density at radius 3 is 2.53 bits per heavy atom. The standard InChI is InChI=1S/C15H20BrO2Si/c1-15(2,3)14(18-19(4)5)11-8-10-6-7-17-13(10)12(16)9-11/h6-9,14H,1-5H3. The number of halogens is 1. The molecule has 0 bridgehead atoms.